The number of aryl methyl sites for hydroxylation is 1. The fourth-order valence-corrected chi connectivity index (χ4v) is 2.76. The number of halogens is 1. The zero-order valence-electron chi connectivity index (χ0n) is 8.38. The summed E-state index contributed by atoms with van der Waals surface area (Å²) in [6.45, 7) is 1.85. The van der Waals surface area contributed by atoms with E-state index in [1.165, 1.54) is 23.0 Å². The zero-order valence-corrected chi connectivity index (χ0v) is 10.8. The highest BCUT2D eigenvalue weighted by molar-refractivity contribution is 8.13. The van der Waals surface area contributed by atoms with E-state index in [4.69, 9.17) is 10.7 Å². The van der Waals surface area contributed by atoms with Crippen LogP contribution < -0.4 is 0 Å². The molecular formula is C7H7ClN4O2S2. The van der Waals surface area contributed by atoms with Crippen LogP contribution in [0, 0.1) is 6.92 Å². The molecular weight excluding hydrogens is 272 g/mol. The minimum absolute atomic E-state index is 0.283. The van der Waals surface area contributed by atoms with Crippen LogP contribution in [0.2, 0.25) is 0 Å². The molecule has 9 heteroatoms. The minimum Gasteiger partial charge on any atom is -0.299 e. The van der Waals surface area contributed by atoms with Crippen molar-refractivity contribution in [2.45, 2.75) is 12.1 Å². The van der Waals surface area contributed by atoms with Gasteiger partial charge in [-0.25, -0.2) is 13.4 Å². The van der Waals surface area contributed by atoms with Crippen LogP contribution in [0.1, 0.15) is 5.01 Å². The van der Waals surface area contributed by atoms with Crippen LogP contribution in [-0.4, -0.2) is 28.2 Å². The third-order valence-electron chi connectivity index (χ3n) is 1.90. The van der Waals surface area contributed by atoms with Crippen molar-refractivity contribution in [3.05, 3.63) is 10.4 Å². The van der Waals surface area contributed by atoms with Crippen molar-refractivity contribution in [2.75, 3.05) is 0 Å². The summed E-state index contributed by atoms with van der Waals surface area (Å²) in [5, 5.41) is 9.66. The molecule has 2 aromatic heterocycles. The summed E-state index contributed by atoms with van der Waals surface area (Å²) < 4.78 is 23.6. The third kappa shape index (κ3) is 1.95. The van der Waals surface area contributed by atoms with Crippen LogP contribution in [0.5, 0.6) is 0 Å². The fraction of sp³-hybridized carbons (Fsp3) is 0.286. The maximum atomic E-state index is 11.1. The Balaban J connectivity index is 2.58. The first kappa shape index (κ1) is 11.5. The van der Waals surface area contributed by atoms with Crippen LogP contribution in [0.25, 0.3) is 11.5 Å². The first-order valence-corrected chi connectivity index (χ1v) is 7.35. The van der Waals surface area contributed by atoms with Gasteiger partial charge in [0.15, 0.2) is 5.82 Å². The van der Waals surface area contributed by atoms with Gasteiger partial charge in [0.25, 0.3) is 14.2 Å². The van der Waals surface area contributed by atoms with Crippen LogP contribution in [0.3, 0.4) is 0 Å². The lowest BCUT2D eigenvalue weighted by Gasteiger charge is -1.97. The Hall–Kier alpha value is -0.990. The van der Waals surface area contributed by atoms with Gasteiger partial charge in [0.2, 0.25) is 0 Å². The van der Waals surface area contributed by atoms with Gasteiger partial charge in [-0.15, -0.1) is 21.5 Å². The monoisotopic (exact) mass is 278 g/mol. The van der Waals surface area contributed by atoms with Gasteiger partial charge < -0.3 is 0 Å². The van der Waals surface area contributed by atoms with E-state index in [1.54, 1.807) is 5.38 Å². The second kappa shape index (κ2) is 3.79. The highest BCUT2D eigenvalue weighted by atomic mass is 35.7. The van der Waals surface area contributed by atoms with Crippen molar-refractivity contribution < 1.29 is 8.42 Å². The van der Waals surface area contributed by atoms with E-state index in [0.717, 1.165) is 5.01 Å². The lowest BCUT2D eigenvalue weighted by atomic mass is 10.4. The van der Waals surface area contributed by atoms with Crippen LogP contribution in [0.15, 0.2) is 10.5 Å². The molecule has 0 spiro atoms. The Morgan fingerprint density at radius 1 is 1.44 bits per heavy atom. The lowest BCUT2D eigenvalue weighted by Crippen LogP contribution is -2.02. The molecule has 0 aromatic carbocycles. The molecule has 0 bridgehead atoms. The average molecular weight is 279 g/mol. The maximum absolute atomic E-state index is 11.1. The molecule has 0 aliphatic carbocycles. The smallest absolute Gasteiger partial charge is 0.296 e. The first-order valence-electron chi connectivity index (χ1n) is 4.16. The molecule has 0 aliphatic heterocycles. The second-order valence-corrected chi connectivity index (χ2v) is 6.58. The van der Waals surface area contributed by atoms with E-state index in [-0.39, 0.29) is 5.16 Å². The minimum atomic E-state index is -3.88. The number of nitrogens with zero attached hydrogens (tertiary/aromatic N) is 4. The molecule has 86 valence electrons. The standard InChI is InChI=1S/C7H7ClN4O2S2/c1-4-9-5(3-15-4)6-10-11-7(12(6)2)16(8,13)14/h3H,1-2H3. The molecule has 16 heavy (non-hydrogen) atoms. The Morgan fingerprint density at radius 3 is 2.56 bits per heavy atom. The number of hydrogen-bond donors (Lipinski definition) is 0. The summed E-state index contributed by atoms with van der Waals surface area (Å²) in [5.41, 5.74) is 0.587. The highest BCUT2D eigenvalue weighted by Gasteiger charge is 2.21. The molecule has 2 aromatic rings. The molecule has 0 radical (unpaired) electrons. The molecule has 0 fully saturated rings. The highest BCUT2D eigenvalue weighted by Crippen LogP contribution is 2.22. The average Bonchev–Trinajstić information content (AvgIpc) is 2.70. The van der Waals surface area contributed by atoms with E-state index in [9.17, 15) is 8.42 Å². The van der Waals surface area contributed by atoms with Gasteiger partial charge in [0.1, 0.15) is 5.69 Å². The summed E-state index contributed by atoms with van der Waals surface area (Å²) in [7, 11) is 2.85. The molecule has 0 saturated carbocycles. The first-order chi connectivity index (χ1) is 7.39. The predicted octanol–water partition coefficient (Wildman–Crippen LogP) is 1.17. The number of rotatable bonds is 2. The van der Waals surface area contributed by atoms with Crippen LogP contribution in [0.4, 0.5) is 0 Å². The van der Waals surface area contributed by atoms with Gasteiger partial charge in [-0.1, -0.05) is 0 Å². The Labute approximate surface area is 100 Å². The van der Waals surface area contributed by atoms with Gasteiger partial charge in [0, 0.05) is 23.1 Å². The zero-order chi connectivity index (χ0) is 11.9. The van der Waals surface area contributed by atoms with Gasteiger partial charge in [-0.05, 0) is 6.92 Å². The summed E-state index contributed by atoms with van der Waals surface area (Å²) in [5.74, 6) is 0.378. The molecule has 2 heterocycles. The van der Waals surface area contributed by atoms with E-state index in [0.29, 0.717) is 11.5 Å². The molecule has 0 saturated heterocycles. The third-order valence-corrected chi connectivity index (χ3v) is 3.88. The SMILES string of the molecule is Cc1nc(-c2nnc(S(=O)(=O)Cl)n2C)cs1. The van der Waals surface area contributed by atoms with Gasteiger partial charge >= 0.3 is 0 Å². The summed E-state index contributed by atoms with van der Waals surface area (Å²) in [6.07, 6.45) is 0. The molecule has 2 rings (SSSR count). The Bertz CT molecular complexity index is 631. The largest absolute Gasteiger partial charge is 0.299 e. The van der Waals surface area contributed by atoms with E-state index in [1.807, 2.05) is 6.92 Å². The van der Waals surface area contributed by atoms with Crippen LogP contribution >= 0.6 is 22.0 Å². The molecule has 0 unspecified atom stereocenters. The lowest BCUT2D eigenvalue weighted by molar-refractivity contribution is 0.593. The number of thiazole rings is 1. The molecule has 6 nitrogen and oxygen atoms in total. The van der Waals surface area contributed by atoms with Gasteiger partial charge in [0.05, 0.1) is 5.01 Å². The van der Waals surface area contributed by atoms with E-state index < -0.39 is 9.05 Å². The summed E-state index contributed by atoms with van der Waals surface area (Å²) in [4.78, 5) is 4.19. The van der Waals surface area contributed by atoms with Gasteiger partial charge in [-0.3, -0.25) is 4.57 Å². The van der Waals surface area contributed by atoms with Crippen molar-refractivity contribution in [3.63, 3.8) is 0 Å². The molecule has 0 aliphatic rings. The normalized spacial score (nSPS) is 11.9. The van der Waals surface area contributed by atoms with E-state index in [2.05, 4.69) is 15.2 Å². The summed E-state index contributed by atoms with van der Waals surface area (Å²) in [6, 6.07) is 0. The predicted molar refractivity (Wildman–Crippen MR) is 59.9 cm³/mol. The Morgan fingerprint density at radius 2 is 2.12 bits per heavy atom. The quantitative estimate of drug-likeness (QED) is 0.771. The van der Waals surface area contributed by atoms with E-state index >= 15 is 0 Å². The number of aromatic nitrogens is 4. The Kier molecular flexibility index (Phi) is 2.72. The van der Waals surface area contributed by atoms with Crippen molar-refractivity contribution in [1.29, 1.82) is 0 Å². The van der Waals surface area contributed by atoms with Crippen molar-refractivity contribution in [2.24, 2.45) is 7.05 Å². The van der Waals surface area contributed by atoms with Crippen molar-refractivity contribution in [1.82, 2.24) is 19.7 Å². The van der Waals surface area contributed by atoms with Gasteiger partial charge in [-0.2, -0.15) is 0 Å². The molecule has 0 N–H and O–H groups in total. The topological polar surface area (TPSA) is 77.7 Å². The maximum Gasteiger partial charge on any atom is 0.296 e. The van der Waals surface area contributed by atoms with Crippen molar-refractivity contribution >= 4 is 31.1 Å². The summed E-state index contributed by atoms with van der Waals surface area (Å²) >= 11 is 1.45. The number of hydrogen-bond acceptors (Lipinski definition) is 6. The van der Waals surface area contributed by atoms with Crippen molar-refractivity contribution in [3.8, 4) is 11.5 Å². The molecule has 0 amide bonds. The van der Waals surface area contributed by atoms with Crippen LogP contribution in [-0.2, 0) is 16.1 Å². The second-order valence-electron chi connectivity index (χ2n) is 3.05. The molecule has 0 atom stereocenters. The fourth-order valence-electron chi connectivity index (χ4n) is 1.22.